The van der Waals surface area contributed by atoms with E-state index in [0.29, 0.717) is 22.5 Å². The second-order valence-electron chi connectivity index (χ2n) is 7.33. The third-order valence-electron chi connectivity index (χ3n) is 5.63. The van der Waals surface area contributed by atoms with E-state index in [2.05, 4.69) is 52.4 Å². The van der Waals surface area contributed by atoms with E-state index in [-0.39, 0.29) is 11.3 Å². The average molecular weight is 431 g/mol. The van der Waals surface area contributed by atoms with Gasteiger partial charge in [0.2, 0.25) is 0 Å². The van der Waals surface area contributed by atoms with Crippen LogP contribution in [0.5, 0.6) is 0 Å². The van der Waals surface area contributed by atoms with Gasteiger partial charge in [0.1, 0.15) is 5.69 Å². The number of carbonyl (C=O) groups excluding carboxylic acids is 1. The van der Waals surface area contributed by atoms with Gasteiger partial charge in [0.15, 0.2) is 10.3 Å². The number of hydrogen-bond acceptors (Lipinski definition) is 3. The molecule has 4 rings (SSSR count). The highest BCUT2D eigenvalue weighted by Crippen LogP contribution is 2.34. The number of rotatable bonds is 4. The Hall–Kier alpha value is -2.05. The Morgan fingerprint density at radius 3 is 2.59 bits per heavy atom. The molecule has 0 atom stereocenters. The largest absolute Gasteiger partial charge is 0.448 e. The predicted octanol–water partition coefficient (Wildman–Crippen LogP) is 4.32. The Kier molecular flexibility index (Phi) is 4.86. The Morgan fingerprint density at radius 2 is 1.93 bits per heavy atom. The minimum Gasteiger partial charge on any atom is -0.448 e. The number of amides is 1. The molecule has 27 heavy (non-hydrogen) atoms. The maximum atomic E-state index is 12.9. The van der Waals surface area contributed by atoms with Crippen molar-refractivity contribution in [3.05, 3.63) is 57.9 Å². The molecule has 0 saturated carbocycles. The van der Waals surface area contributed by atoms with Gasteiger partial charge in [0, 0.05) is 44.4 Å². The summed E-state index contributed by atoms with van der Waals surface area (Å²) in [5.74, 6) is -0.0852. The van der Waals surface area contributed by atoms with Crippen molar-refractivity contribution in [2.24, 2.45) is 7.05 Å². The van der Waals surface area contributed by atoms with Crippen LogP contribution in [0.15, 0.2) is 45.5 Å². The van der Waals surface area contributed by atoms with E-state index in [9.17, 15) is 4.79 Å². The normalized spacial score (nSPS) is 16.6. The van der Waals surface area contributed by atoms with E-state index < -0.39 is 0 Å². The molecule has 1 aliphatic heterocycles. The SMILES string of the molecule is Cc1ccc(C2(CNC(=O)c3cc4oc(Br)cc4n3C)CCOCC2)cc1. The molecule has 0 spiro atoms. The lowest BCUT2D eigenvalue weighted by Crippen LogP contribution is -2.44. The molecule has 0 unspecified atom stereocenters. The Morgan fingerprint density at radius 1 is 1.22 bits per heavy atom. The third-order valence-corrected chi connectivity index (χ3v) is 6.03. The zero-order valence-electron chi connectivity index (χ0n) is 15.5. The third kappa shape index (κ3) is 3.44. The monoisotopic (exact) mass is 430 g/mol. The maximum Gasteiger partial charge on any atom is 0.268 e. The molecule has 1 saturated heterocycles. The van der Waals surface area contributed by atoms with Gasteiger partial charge in [-0.15, -0.1) is 0 Å². The van der Waals surface area contributed by atoms with Crippen molar-refractivity contribution in [2.75, 3.05) is 19.8 Å². The van der Waals surface area contributed by atoms with Crippen molar-refractivity contribution in [1.29, 1.82) is 0 Å². The molecule has 0 aliphatic carbocycles. The molecule has 1 fully saturated rings. The number of furan rings is 1. The number of carbonyl (C=O) groups is 1. The van der Waals surface area contributed by atoms with Gasteiger partial charge in [-0.1, -0.05) is 29.8 Å². The molecule has 142 valence electrons. The maximum absolute atomic E-state index is 12.9. The molecular weight excluding hydrogens is 408 g/mol. The van der Waals surface area contributed by atoms with Gasteiger partial charge in [0.05, 0.1) is 5.52 Å². The van der Waals surface area contributed by atoms with Crippen molar-refractivity contribution < 1.29 is 13.9 Å². The minimum absolute atomic E-state index is 0.0852. The summed E-state index contributed by atoms with van der Waals surface area (Å²) in [5.41, 5.74) is 4.61. The number of ether oxygens (including phenoxy) is 1. The van der Waals surface area contributed by atoms with Gasteiger partial charge >= 0.3 is 0 Å². The zero-order valence-corrected chi connectivity index (χ0v) is 17.1. The number of aromatic nitrogens is 1. The van der Waals surface area contributed by atoms with Crippen LogP contribution < -0.4 is 5.32 Å². The lowest BCUT2D eigenvalue weighted by Gasteiger charge is -2.38. The number of benzene rings is 1. The lowest BCUT2D eigenvalue weighted by molar-refractivity contribution is 0.0486. The van der Waals surface area contributed by atoms with Crippen LogP contribution in [0.1, 0.15) is 34.5 Å². The molecule has 1 aliphatic rings. The van der Waals surface area contributed by atoms with E-state index in [0.717, 1.165) is 31.6 Å². The fourth-order valence-electron chi connectivity index (χ4n) is 3.88. The number of hydrogen-bond donors (Lipinski definition) is 1. The molecule has 3 aromatic rings. The van der Waals surface area contributed by atoms with Crippen molar-refractivity contribution in [1.82, 2.24) is 9.88 Å². The van der Waals surface area contributed by atoms with Gasteiger partial charge in [-0.3, -0.25) is 4.79 Å². The van der Waals surface area contributed by atoms with E-state index in [1.165, 1.54) is 11.1 Å². The second kappa shape index (κ2) is 7.17. The first kappa shape index (κ1) is 18.3. The van der Waals surface area contributed by atoms with E-state index in [4.69, 9.17) is 9.15 Å². The topological polar surface area (TPSA) is 56.4 Å². The van der Waals surface area contributed by atoms with Crippen LogP contribution in [0.4, 0.5) is 0 Å². The number of nitrogens with one attached hydrogen (secondary N) is 1. The average Bonchev–Trinajstić information content (AvgIpc) is 3.18. The molecule has 0 bridgehead atoms. The van der Waals surface area contributed by atoms with Crippen LogP contribution in [0.3, 0.4) is 0 Å². The van der Waals surface area contributed by atoms with Gasteiger partial charge in [-0.2, -0.15) is 0 Å². The van der Waals surface area contributed by atoms with Gasteiger partial charge < -0.3 is 19.0 Å². The number of aryl methyl sites for hydroxylation is 2. The molecule has 1 N–H and O–H groups in total. The Balaban J connectivity index is 1.56. The first-order valence-corrected chi connectivity index (χ1v) is 9.96. The van der Waals surface area contributed by atoms with Crippen molar-refractivity contribution >= 4 is 32.9 Å². The highest BCUT2D eigenvalue weighted by atomic mass is 79.9. The Bertz CT molecular complexity index is 965. The predicted molar refractivity (Wildman–Crippen MR) is 108 cm³/mol. The quantitative estimate of drug-likeness (QED) is 0.670. The highest BCUT2D eigenvalue weighted by molar-refractivity contribution is 9.10. The zero-order chi connectivity index (χ0) is 19.0. The first-order chi connectivity index (χ1) is 13.0. The Labute approximate surface area is 166 Å². The smallest absolute Gasteiger partial charge is 0.268 e. The van der Waals surface area contributed by atoms with E-state index >= 15 is 0 Å². The molecule has 5 nitrogen and oxygen atoms in total. The molecule has 3 heterocycles. The summed E-state index contributed by atoms with van der Waals surface area (Å²) >= 11 is 3.33. The van der Waals surface area contributed by atoms with Gasteiger partial charge in [-0.25, -0.2) is 0 Å². The van der Waals surface area contributed by atoms with Gasteiger partial charge in [0.25, 0.3) is 5.91 Å². The van der Waals surface area contributed by atoms with Gasteiger partial charge in [-0.05, 0) is 41.3 Å². The van der Waals surface area contributed by atoms with Crippen molar-refractivity contribution in [3.63, 3.8) is 0 Å². The molecular formula is C21H23BrN2O3. The molecule has 1 aromatic carbocycles. The first-order valence-electron chi connectivity index (χ1n) is 9.16. The van der Waals surface area contributed by atoms with E-state index in [1.54, 1.807) is 6.07 Å². The summed E-state index contributed by atoms with van der Waals surface area (Å²) in [6, 6.07) is 12.3. The summed E-state index contributed by atoms with van der Waals surface area (Å²) in [4.78, 5) is 12.9. The summed E-state index contributed by atoms with van der Waals surface area (Å²) in [6.07, 6.45) is 1.80. The molecule has 0 radical (unpaired) electrons. The van der Waals surface area contributed by atoms with Crippen molar-refractivity contribution in [2.45, 2.75) is 25.2 Å². The molecule has 1 amide bonds. The van der Waals surface area contributed by atoms with Crippen LogP contribution in [-0.2, 0) is 17.2 Å². The summed E-state index contributed by atoms with van der Waals surface area (Å²) in [5, 5.41) is 3.16. The van der Waals surface area contributed by atoms with Crippen LogP contribution in [0, 0.1) is 6.92 Å². The number of fused-ring (bicyclic) bond motifs is 1. The molecule has 6 heteroatoms. The summed E-state index contributed by atoms with van der Waals surface area (Å²) in [6.45, 7) is 4.11. The van der Waals surface area contributed by atoms with Crippen molar-refractivity contribution in [3.8, 4) is 0 Å². The fourth-order valence-corrected chi connectivity index (χ4v) is 4.27. The molecule has 2 aromatic heterocycles. The number of nitrogens with zero attached hydrogens (tertiary/aromatic N) is 1. The van der Waals surface area contributed by atoms with Crippen LogP contribution in [0.25, 0.3) is 11.1 Å². The highest BCUT2D eigenvalue weighted by Gasteiger charge is 2.35. The summed E-state index contributed by atoms with van der Waals surface area (Å²) in [7, 11) is 1.88. The lowest BCUT2D eigenvalue weighted by atomic mass is 9.74. The van der Waals surface area contributed by atoms with Crippen LogP contribution in [-0.4, -0.2) is 30.2 Å². The standard InChI is InChI=1S/C21H23BrN2O3/c1-14-3-5-15(6-4-14)21(7-9-26-10-8-21)13-23-20(25)17-11-18-16(24(17)2)12-19(22)27-18/h3-6,11-12H,7-10,13H2,1-2H3,(H,23,25). The van der Waals surface area contributed by atoms with E-state index in [1.807, 2.05) is 17.7 Å². The van der Waals surface area contributed by atoms with Crippen LogP contribution in [0.2, 0.25) is 0 Å². The summed E-state index contributed by atoms with van der Waals surface area (Å²) < 4.78 is 13.7. The minimum atomic E-state index is -0.0884. The second-order valence-corrected chi connectivity index (χ2v) is 8.11. The van der Waals surface area contributed by atoms with Crippen LogP contribution >= 0.6 is 15.9 Å². The fraction of sp³-hybridized carbons (Fsp3) is 0.381. The number of halogens is 1.